The Hall–Kier alpha value is -3.24. The van der Waals surface area contributed by atoms with Gasteiger partial charge in [-0.2, -0.15) is 0 Å². The number of anilines is 1. The molecular formula is C30H46N4O6. The molecule has 2 N–H and O–H groups in total. The van der Waals surface area contributed by atoms with Crippen molar-refractivity contribution in [1.82, 2.24) is 9.80 Å². The number of nitrogen functional groups attached to an aromatic ring is 1. The fourth-order valence-corrected chi connectivity index (χ4v) is 5.03. The highest BCUT2D eigenvalue weighted by Crippen LogP contribution is 2.33. The van der Waals surface area contributed by atoms with E-state index in [1.165, 1.54) is 44.9 Å². The van der Waals surface area contributed by atoms with Gasteiger partial charge in [-0.05, 0) is 97.8 Å². The van der Waals surface area contributed by atoms with Crippen LogP contribution in [0.3, 0.4) is 0 Å². The van der Waals surface area contributed by atoms with Gasteiger partial charge in [0, 0.05) is 28.9 Å². The molecule has 4 rings (SSSR count). The predicted octanol–water partition coefficient (Wildman–Crippen LogP) is 5.39. The van der Waals surface area contributed by atoms with E-state index in [2.05, 4.69) is 37.5 Å². The first-order valence-corrected chi connectivity index (χ1v) is 14.0. The number of likely N-dealkylation sites (tertiary alicyclic amines) is 2. The van der Waals surface area contributed by atoms with Crippen LogP contribution in [0.25, 0.3) is 0 Å². The van der Waals surface area contributed by atoms with Crippen molar-refractivity contribution in [2.24, 2.45) is 0 Å². The Morgan fingerprint density at radius 2 is 1.18 bits per heavy atom. The zero-order chi connectivity index (χ0) is 29.3. The SMILES string of the molecule is COc1cc(N)ccc1OCC(C)(C)N1CCCC1.COc1cc([N+](=O)[O-])ccc1OCC(C)(C)N1CCCC1. The fraction of sp³-hybridized carbons (Fsp3) is 0.600. The summed E-state index contributed by atoms with van der Waals surface area (Å²) in [7, 11) is 3.12. The number of rotatable bonds is 11. The zero-order valence-corrected chi connectivity index (χ0v) is 24.9. The number of nitrogens with zero attached hydrogens (tertiary/aromatic N) is 3. The zero-order valence-electron chi connectivity index (χ0n) is 24.9. The first-order chi connectivity index (χ1) is 19.0. The quantitative estimate of drug-likeness (QED) is 0.220. The van der Waals surface area contributed by atoms with Crippen molar-refractivity contribution in [1.29, 1.82) is 0 Å². The third-order valence-electron chi connectivity index (χ3n) is 7.63. The number of nitrogens with two attached hydrogens (primary N) is 1. The van der Waals surface area contributed by atoms with E-state index < -0.39 is 4.92 Å². The van der Waals surface area contributed by atoms with Gasteiger partial charge in [0.15, 0.2) is 23.0 Å². The molecule has 40 heavy (non-hydrogen) atoms. The second-order valence-corrected chi connectivity index (χ2v) is 11.6. The number of ether oxygens (including phenoxy) is 4. The average molecular weight is 559 g/mol. The predicted molar refractivity (Wildman–Crippen MR) is 158 cm³/mol. The molecule has 2 aliphatic rings. The van der Waals surface area contributed by atoms with Gasteiger partial charge < -0.3 is 24.7 Å². The van der Waals surface area contributed by atoms with Crippen LogP contribution >= 0.6 is 0 Å². The van der Waals surface area contributed by atoms with Gasteiger partial charge >= 0.3 is 0 Å². The summed E-state index contributed by atoms with van der Waals surface area (Å²) in [4.78, 5) is 15.2. The van der Waals surface area contributed by atoms with E-state index in [1.807, 2.05) is 12.1 Å². The summed E-state index contributed by atoms with van der Waals surface area (Å²) in [6.07, 6.45) is 5.03. The summed E-state index contributed by atoms with van der Waals surface area (Å²) >= 11 is 0. The summed E-state index contributed by atoms with van der Waals surface area (Å²) < 4.78 is 22.3. The molecule has 2 heterocycles. The van der Waals surface area contributed by atoms with Crippen LogP contribution in [0.2, 0.25) is 0 Å². The molecule has 10 heteroatoms. The third-order valence-corrected chi connectivity index (χ3v) is 7.63. The van der Waals surface area contributed by atoms with Crippen LogP contribution in [0.15, 0.2) is 36.4 Å². The topological polar surface area (TPSA) is 113 Å². The summed E-state index contributed by atoms with van der Waals surface area (Å²) in [5.41, 5.74) is 6.40. The molecule has 0 radical (unpaired) electrons. The summed E-state index contributed by atoms with van der Waals surface area (Å²) in [5, 5.41) is 10.8. The smallest absolute Gasteiger partial charge is 0.273 e. The second-order valence-electron chi connectivity index (χ2n) is 11.6. The van der Waals surface area contributed by atoms with Crippen molar-refractivity contribution >= 4 is 11.4 Å². The number of methoxy groups -OCH3 is 2. The second kappa shape index (κ2) is 13.9. The maximum absolute atomic E-state index is 10.8. The maximum Gasteiger partial charge on any atom is 0.273 e. The molecule has 2 fully saturated rings. The molecule has 2 aliphatic heterocycles. The van der Waals surface area contributed by atoms with E-state index in [-0.39, 0.29) is 16.8 Å². The van der Waals surface area contributed by atoms with E-state index in [9.17, 15) is 10.1 Å². The van der Waals surface area contributed by atoms with E-state index in [1.54, 1.807) is 19.2 Å². The molecule has 0 aliphatic carbocycles. The van der Waals surface area contributed by atoms with E-state index in [0.29, 0.717) is 36.1 Å². The highest BCUT2D eigenvalue weighted by atomic mass is 16.6. The molecule has 0 atom stereocenters. The monoisotopic (exact) mass is 558 g/mol. The number of hydrogen-bond acceptors (Lipinski definition) is 9. The van der Waals surface area contributed by atoms with E-state index >= 15 is 0 Å². The van der Waals surface area contributed by atoms with Crippen LogP contribution in [0.1, 0.15) is 53.4 Å². The molecule has 2 saturated heterocycles. The fourth-order valence-electron chi connectivity index (χ4n) is 5.03. The van der Waals surface area contributed by atoms with Gasteiger partial charge in [0.1, 0.15) is 13.2 Å². The lowest BCUT2D eigenvalue weighted by Gasteiger charge is -2.35. The van der Waals surface area contributed by atoms with Crippen LogP contribution in [0.5, 0.6) is 23.0 Å². The van der Waals surface area contributed by atoms with Gasteiger partial charge in [-0.25, -0.2) is 0 Å². The first kappa shape index (κ1) is 31.3. The Morgan fingerprint density at radius 1 is 0.750 bits per heavy atom. The van der Waals surface area contributed by atoms with Crippen molar-refractivity contribution in [3.63, 3.8) is 0 Å². The summed E-state index contributed by atoms with van der Waals surface area (Å²) in [5.74, 6) is 2.37. The molecule has 10 nitrogen and oxygen atoms in total. The van der Waals surface area contributed by atoms with Crippen molar-refractivity contribution in [3.8, 4) is 23.0 Å². The lowest BCUT2D eigenvalue weighted by Crippen LogP contribution is -2.46. The van der Waals surface area contributed by atoms with Gasteiger partial charge in [-0.1, -0.05) is 0 Å². The van der Waals surface area contributed by atoms with Crippen LogP contribution in [-0.4, -0.2) is 79.4 Å². The number of benzene rings is 2. The number of non-ortho nitro benzene ring substituents is 1. The molecule has 0 bridgehead atoms. The minimum atomic E-state index is -0.444. The Kier molecular flexibility index (Phi) is 10.9. The lowest BCUT2D eigenvalue weighted by molar-refractivity contribution is -0.385. The first-order valence-electron chi connectivity index (χ1n) is 14.0. The highest BCUT2D eigenvalue weighted by molar-refractivity contribution is 5.52. The van der Waals surface area contributed by atoms with Crippen LogP contribution in [0, 0.1) is 10.1 Å². The van der Waals surface area contributed by atoms with Crippen LogP contribution < -0.4 is 24.7 Å². The van der Waals surface area contributed by atoms with Gasteiger partial charge in [0.2, 0.25) is 0 Å². The molecule has 2 aromatic rings. The largest absolute Gasteiger partial charge is 0.493 e. The summed E-state index contributed by atoms with van der Waals surface area (Å²) in [6.45, 7) is 14.4. The Balaban J connectivity index is 0.000000222. The number of hydrogen-bond donors (Lipinski definition) is 1. The van der Waals surface area contributed by atoms with Gasteiger partial charge in [0.25, 0.3) is 5.69 Å². The standard InChI is InChI=1S/C15H22N2O4.C15H24N2O2/c1-15(2,16-8-4-5-9-16)11-21-13-7-6-12(17(18)19)10-14(13)20-3;1-15(2,17-8-4-5-9-17)11-19-13-7-6-12(16)10-14(13)18-3/h6-7,10H,4-5,8-9,11H2,1-3H3;6-7,10H,4-5,8-9,11,16H2,1-3H3. The molecule has 0 spiro atoms. The molecule has 0 aromatic heterocycles. The molecule has 0 unspecified atom stereocenters. The van der Waals surface area contributed by atoms with Crippen molar-refractivity contribution in [2.75, 3.05) is 59.3 Å². The minimum absolute atomic E-state index is 0.00185. The lowest BCUT2D eigenvalue weighted by atomic mass is 10.1. The van der Waals surface area contributed by atoms with Crippen molar-refractivity contribution < 1.29 is 23.9 Å². The molecule has 2 aromatic carbocycles. The normalized spacial score (nSPS) is 16.2. The van der Waals surface area contributed by atoms with Gasteiger partial charge in [-0.15, -0.1) is 0 Å². The molecule has 0 amide bonds. The maximum atomic E-state index is 10.8. The van der Waals surface area contributed by atoms with Crippen LogP contribution in [0.4, 0.5) is 11.4 Å². The molecule has 0 saturated carbocycles. The Labute approximate surface area is 238 Å². The van der Waals surface area contributed by atoms with E-state index in [4.69, 9.17) is 24.7 Å². The minimum Gasteiger partial charge on any atom is -0.493 e. The Bertz CT molecular complexity index is 1110. The Morgan fingerprint density at radius 3 is 1.60 bits per heavy atom. The van der Waals surface area contributed by atoms with Gasteiger partial charge in [0.05, 0.1) is 25.2 Å². The summed E-state index contributed by atoms with van der Waals surface area (Å²) in [6, 6.07) is 9.91. The van der Waals surface area contributed by atoms with Crippen molar-refractivity contribution in [2.45, 2.75) is 64.5 Å². The third kappa shape index (κ3) is 8.38. The van der Waals surface area contributed by atoms with Gasteiger partial charge in [-0.3, -0.25) is 19.9 Å². The number of nitro groups is 1. The molecular weight excluding hydrogens is 512 g/mol. The highest BCUT2D eigenvalue weighted by Gasteiger charge is 2.31. The number of nitro benzene ring substituents is 1. The van der Waals surface area contributed by atoms with Crippen molar-refractivity contribution in [3.05, 3.63) is 46.5 Å². The average Bonchev–Trinajstić information content (AvgIpc) is 3.67. The van der Waals surface area contributed by atoms with Crippen LogP contribution in [-0.2, 0) is 0 Å². The molecule has 222 valence electrons. The van der Waals surface area contributed by atoms with E-state index in [0.717, 1.165) is 31.9 Å².